The van der Waals surface area contributed by atoms with E-state index in [1.54, 1.807) is 0 Å². The Morgan fingerprint density at radius 3 is 2.30 bits per heavy atom. The molecule has 0 amide bonds. The summed E-state index contributed by atoms with van der Waals surface area (Å²) in [4.78, 5) is 2.48. The van der Waals surface area contributed by atoms with E-state index in [0.29, 0.717) is 12.1 Å². The molecule has 1 fully saturated rings. The Labute approximate surface area is 143 Å². The second-order valence-electron chi connectivity index (χ2n) is 8.81. The van der Waals surface area contributed by atoms with Gasteiger partial charge in [0, 0.05) is 25.3 Å². The van der Waals surface area contributed by atoms with Gasteiger partial charge in [0.2, 0.25) is 0 Å². The van der Waals surface area contributed by atoms with Crippen molar-refractivity contribution in [2.75, 3.05) is 13.6 Å². The van der Waals surface area contributed by atoms with Crippen molar-refractivity contribution >= 4 is 8.32 Å². The van der Waals surface area contributed by atoms with Gasteiger partial charge in [-0.15, -0.1) is 0 Å². The predicted molar refractivity (Wildman–Crippen MR) is 99.5 cm³/mol. The zero-order chi connectivity index (χ0) is 17.6. The van der Waals surface area contributed by atoms with Gasteiger partial charge in [0.15, 0.2) is 8.32 Å². The number of hydrogen-bond acceptors (Lipinski definition) is 3. The van der Waals surface area contributed by atoms with Crippen molar-refractivity contribution in [2.45, 2.75) is 77.7 Å². The molecule has 0 bridgehead atoms. The van der Waals surface area contributed by atoms with Crippen LogP contribution in [0.2, 0.25) is 18.1 Å². The largest absolute Gasteiger partial charge is 0.413 e. The van der Waals surface area contributed by atoms with Crippen molar-refractivity contribution < 1.29 is 4.43 Å². The molecule has 23 heavy (non-hydrogen) atoms. The van der Waals surface area contributed by atoms with E-state index in [0.717, 1.165) is 19.4 Å². The third-order valence-corrected chi connectivity index (χ3v) is 10.6. The highest BCUT2D eigenvalue weighted by Crippen LogP contribution is 2.39. The molecule has 1 aliphatic heterocycles. The first-order valence-corrected chi connectivity index (χ1v) is 11.7. The third-order valence-electron chi connectivity index (χ3n) is 6.02. The van der Waals surface area contributed by atoms with Crippen molar-refractivity contribution in [3.05, 3.63) is 17.0 Å². The van der Waals surface area contributed by atoms with Gasteiger partial charge in [0.25, 0.3) is 0 Å². The van der Waals surface area contributed by atoms with Crippen LogP contribution in [0.5, 0.6) is 0 Å². The first kappa shape index (κ1) is 18.7. The van der Waals surface area contributed by atoms with Gasteiger partial charge >= 0.3 is 0 Å². The lowest BCUT2D eigenvalue weighted by Gasteiger charge is -2.38. The van der Waals surface area contributed by atoms with Gasteiger partial charge in [0.05, 0.1) is 11.8 Å². The van der Waals surface area contributed by atoms with Crippen LogP contribution in [0.15, 0.2) is 0 Å². The number of rotatable bonds is 4. The number of hydrogen-bond donors (Lipinski definition) is 0. The zero-order valence-corrected chi connectivity index (χ0v) is 17.5. The number of aromatic nitrogens is 2. The molecule has 2 heterocycles. The molecule has 0 saturated carbocycles. The fraction of sp³-hybridized carbons (Fsp3) is 0.833. The van der Waals surface area contributed by atoms with E-state index in [1.165, 1.54) is 17.0 Å². The highest BCUT2D eigenvalue weighted by atomic mass is 28.4. The minimum absolute atomic E-state index is 0.278. The summed E-state index contributed by atoms with van der Waals surface area (Å²) in [5, 5.41) is 4.84. The lowest BCUT2D eigenvalue weighted by molar-refractivity contribution is 0.187. The van der Waals surface area contributed by atoms with Crippen LogP contribution in [-0.2, 0) is 17.9 Å². The van der Waals surface area contributed by atoms with E-state index >= 15 is 0 Å². The maximum Gasteiger partial charge on any atom is 0.192 e. The quantitative estimate of drug-likeness (QED) is 0.785. The summed E-state index contributed by atoms with van der Waals surface area (Å²) < 4.78 is 8.65. The molecule has 5 heteroatoms. The van der Waals surface area contributed by atoms with Gasteiger partial charge in [-0.1, -0.05) is 20.8 Å². The standard InChI is InChI=1S/C18H35N3OSi/c1-13-17(14(2)21(7)19-13)11-15-10-16(12-20(15)6)22-23(8,9)18(3,4)5/h15-16H,10-12H2,1-9H3/t15-,16+/m1/s1. The molecule has 0 N–H and O–H groups in total. The summed E-state index contributed by atoms with van der Waals surface area (Å²) in [5.41, 5.74) is 3.88. The summed E-state index contributed by atoms with van der Waals surface area (Å²) in [6.45, 7) is 17.0. The van der Waals surface area contributed by atoms with Gasteiger partial charge in [-0.05, 0) is 57.4 Å². The van der Waals surface area contributed by atoms with Crippen molar-refractivity contribution in [3.63, 3.8) is 0 Å². The zero-order valence-electron chi connectivity index (χ0n) is 16.5. The molecule has 0 radical (unpaired) electrons. The van der Waals surface area contributed by atoms with E-state index in [2.05, 4.69) is 64.8 Å². The van der Waals surface area contributed by atoms with E-state index < -0.39 is 8.32 Å². The Morgan fingerprint density at radius 1 is 1.22 bits per heavy atom. The lowest BCUT2D eigenvalue weighted by atomic mass is 10.0. The Morgan fingerprint density at radius 2 is 1.83 bits per heavy atom. The van der Waals surface area contributed by atoms with Crippen molar-refractivity contribution in [1.29, 1.82) is 0 Å². The van der Waals surface area contributed by atoms with Crippen LogP contribution in [0.1, 0.15) is 44.1 Å². The normalized spacial score (nSPS) is 23.7. The summed E-state index contributed by atoms with van der Waals surface area (Å²) in [7, 11) is 2.59. The number of aryl methyl sites for hydroxylation is 2. The molecule has 2 rings (SSSR count). The predicted octanol–water partition coefficient (Wildman–Crippen LogP) is 3.67. The minimum Gasteiger partial charge on any atom is -0.413 e. The molecule has 1 aromatic rings. The smallest absolute Gasteiger partial charge is 0.192 e. The SMILES string of the molecule is Cc1nn(C)c(C)c1C[C@H]1C[C@H](O[Si](C)(C)C(C)(C)C)CN1C. The maximum absolute atomic E-state index is 6.64. The Bertz CT molecular complexity index is 559. The molecule has 0 spiro atoms. The summed E-state index contributed by atoms with van der Waals surface area (Å²) in [6.07, 6.45) is 2.60. The lowest BCUT2D eigenvalue weighted by Crippen LogP contribution is -2.44. The van der Waals surface area contributed by atoms with Gasteiger partial charge in [0.1, 0.15) is 0 Å². The molecule has 0 aliphatic carbocycles. The molecule has 1 saturated heterocycles. The highest BCUT2D eigenvalue weighted by molar-refractivity contribution is 6.74. The van der Waals surface area contributed by atoms with Gasteiger partial charge in [-0.2, -0.15) is 5.10 Å². The van der Waals surface area contributed by atoms with E-state index in [4.69, 9.17) is 4.43 Å². The monoisotopic (exact) mass is 337 g/mol. The molecule has 1 aromatic heterocycles. The maximum atomic E-state index is 6.64. The van der Waals surface area contributed by atoms with Crippen LogP contribution in [0, 0.1) is 13.8 Å². The number of nitrogens with zero attached hydrogens (tertiary/aromatic N) is 3. The van der Waals surface area contributed by atoms with Crippen LogP contribution in [0.4, 0.5) is 0 Å². The Kier molecular flexibility index (Phi) is 5.15. The molecular formula is C18H35N3OSi. The minimum atomic E-state index is -1.68. The van der Waals surface area contributed by atoms with Crippen LogP contribution in [-0.4, -0.2) is 48.7 Å². The average Bonchev–Trinajstić information content (AvgIpc) is 2.83. The first-order valence-electron chi connectivity index (χ1n) is 8.79. The fourth-order valence-electron chi connectivity index (χ4n) is 3.29. The first-order chi connectivity index (χ1) is 10.4. The van der Waals surface area contributed by atoms with E-state index in [9.17, 15) is 0 Å². The van der Waals surface area contributed by atoms with Gasteiger partial charge < -0.3 is 9.33 Å². The molecule has 132 valence electrons. The third kappa shape index (κ3) is 3.89. The highest BCUT2D eigenvalue weighted by Gasteiger charge is 2.42. The molecule has 4 nitrogen and oxygen atoms in total. The fourth-order valence-corrected chi connectivity index (χ4v) is 4.65. The topological polar surface area (TPSA) is 30.3 Å². The van der Waals surface area contributed by atoms with E-state index in [-0.39, 0.29) is 5.04 Å². The summed E-state index contributed by atoms with van der Waals surface area (Å²) in [5.74, 6) is 0. The number of likely N-dealkylation sites (tertiary alicyclic amines) is 1. The molecule has 2 atom stereocenters. The average molecular weight is 338 g/mol. The Hall–Kier alpha value is -0.653. The van der Waals surface area contributed by atoms with Gasteiger partial charge in [-0.25, -0.2) is 0 Å². The summed E-state index contributed by atoms with van der Waals surface area (Å²) >= 11 is 0. The molecule has 1 aliphatic rings. The Balaban J connectivity index is 2.04. The molecular weight excluding hydrogens is 302 g/mol. The number of likely N-dealkylation sites (N-methyl/N-ethyl adjacent to an activating group) is 1. The molecule has 0 aromatic carbocycles. The van der Waals surface area contributed by atoms with Crippen molar-refractivity contribution in [1.82, 2.24) is 14.7 Å². The van der Waals surface area contributed by atoms with Crippen LogP contribution >= 0.6 is 0 Å². The van der Waals surface area contributed by atoms with Crippen molar-refractivity contribution in [2.24, 2.45) is 7.05 Å². The van der Waals surface area contributed by atoms with Crippen LogP contribution in [0.25, 0.3) is 0 Å². The second kappa shape index (κ2) is 6.34. The summed E-state index contributed by atoms with van der Waals surface area (Å²) in [6, 6.07) is 0.561. The van der Waals surface area contributed by atoms with Gasteiger partial charge in [-0.3, -0.25) is 4.68 Å². The van der Waals surface area contributed by atoms with Crippen LogP contribution < -0.4 is 0 Å². The molecule has 0 unspecified atom stereocenters. The second-order valence-corrected chi connectivity index (χ2v) is 13.6. The van der Waals surface area contributed by atoms with E-state index in [1.807, 2.05) is 11.7 Å². The van der Waals surface area contributed by atoms with Crippen molar-refractivity contribution in [3.8, 4) is 0 Å². The van der Waals surface area contributed by atoms with Crippen LogP contribution in [0.3, 0.4) is 0 Å².